The summed E-state index contributed by atoms with van der Waals surface area (Å²) in [7, 11) is 0. The van der Waals surface area contributed by atoms with E-state index in [-0.39, 0.29) is 29.6 Å². The molecule has 1 aliphatic carbocycles. The smallest absolute Gasteiger partial charge is 0.270 e. The van der Waals surface area contributed by atoms with Gasteiger partial charge < -0.3 is 0 Å². The minimum atomic E-state index is -0.283. The Labute approximate surface area is 164 Å². The monoisotopic (exact) mass is 379 g/mol. The summed E-state index contributed by atoms with van der Waals surface area (Å²) in [5, 5.41) is 0. The number of carbonyl (C=O) groups excluding carboxylic acids is 3. The third kappa shape index (κ3) is 3.03. The summed E-state index contributed by atoms with van der Waals surface area (Å²) in [6.07, 6.45) is 2.50. The second-order valence-electron chi connectivity index (χ2n) is 8.09. The SMILES string of the molecule is Cc1ccc(C)n1NC(=O)c1cccc(N2C(=O)[C@@H]3CC[C@@H](C)C[C@H]3C2=O)c1. The quantitative estimate of drug-likeness (QED) is 0.831. The summed E-state index contributed by atoms with van der Waals surface area (Å²) < 4.78 is 1.72. The Morgan fingerprint density at radius 3 is 2.39 bits per heavy atom. The highest BCUT2D eigenvalue weighted by Gasteiger charge is 2.50. The van der Waals surface area contributed by atoms with E-state index in [1.165, 1.54) is 4.90 Å². The lowest BCUT2D eigenvalue weighted by molar-refractivity contribution is -0.122. The highest BCUT2D eigenvalue weighted by Crippen LogP contribution is 2.42. The van der Waals surface area contributed by atoms with E-state index < -0.39 is 0 Å². The van der Waals surface area contributed by atoms with E-state index >= 15 is 0 Å². The number of benzene rings is 1. The minimum absolute atomic E-state index is 0.128. The molecule has 3 atom stereocenters. The van der Waals surface area contributed by atoms with Crippen LogP contribution in [0.4, 0.5) is 5.69 Å². The summed E-state index contributed by atoms with van der Waals surface area (Å²) in [6, 6.07) is 10.6. The molecule has 1 N–H and O–H groups in total. The van der Waals surface area contributed by atoms with Crippen LogP contribution in [0.5, 0.6) is 0 Å². The van der Waals surface area contributed by atoms with Crippen molar-refractivity contribution in [1.29, 1.82) is 0 Å². The molecule has 28 heavy (non-hydrogen) atoms. The molecule has 2 fully saturated rings. The van der Waals surface area contributed by atoms with Crippen LogP contribution in [0.3, 0.4) is 0 Å². The zero-order valence-electron chi connectivity index (χ0n) is 16.4. The number of hydrogen-bond acceptors (Lipinski definition) is 3. The molecule has 1 aromatic carbocycles. The Morgan fingerprint density at radius 1 is 1.00 bits per heavy atom. The van der Waals surface area contributed by atoms with Gasteiger partial charge in [0.25, 0.3) is 5.91 Å². The summed E-state index contributed by atoms with van der Waals surface area (Å²) >= 11 is 0. The molecule has 1 saturated heterocycles. The van der Waals surface area contributed by atoms with Crippen molar-refractivity contribution in [1.82, 2.24) is 4.68 Å². The van der Waals surface area contributed by atoms with Crippen molar-refractivity contribution in [3.63, 3.8) is 0 Å². The molecular weight excluding hydrogens is 354 g/mol. The average Bonchev–Trinajstić information content (AvgIpc) is 3.12. The molecular formula is C22H25N3O3. The van der Waals surface area contributed by atoms with Gasteiger partial charge in [-0.15, -0.1) is 0 Å². The Balaban J connectivity index is 1.59. The fourth-order valence-electron chi connectivity index (χ4n) is 4.44. The fourth-order valence-corrected chi connectivity index (χ4v) is 4.44. The van der Waals surface area contributed by atoms with Crippen LogP contribution in [0.1, 0.15) is 47.9 Å². The molecule has 0 unspecified atom stereocenters. The van der Waals surface area contributed by atoms with Gasteiger partial charge in [0.1, 0.15) is 0 Å². The molecule has 2 heterocycles. The molecule has 2 aromatic rings. The van der Waals surface area contributed by atoms with Crippen molar-refractivity contribution < 1.29 is 14.4 Å². The van der Waals surface area contributed by atoms with Gasteiger partial charge in [-0.2, -0.15) is 0 Å². The van der Waals surface area contributed by atoms with Crippen LogP contribution in [0.25, 0.3) is 0 Å². The largest absolute Gasteiger partial charge is 0.274 e. The van der Waals surface area contributed by atoms with Crippen LogP contribution < -0.4 is 10.3 Å². The van der Waals surface area contributed by atoms with Gasteiger partial charge in [0.2, 0.25) is 11.8 Å². The van der Waals surface area contributed by atoms with Crippen LogP contribution >= 0.6 is 0 Å². The number of carbonyl (C=O) groups is 3. The standard InChI is InChI=1S/C22H25N3O3/c1-13-7-10-18-19(11-13)22(28)24(21(18)27)17-6-4-5-16(12-17)20(26)23-25-14(2)8-9-15(25)3/h4-6,8-9,12-13,18-19H,7,10-11H2,1-3H3,(H,23,26)/t13-,18-,19-/m1/s1. The van der Waals surface area contributed by atoms with E-state index in [0.717, 1.165) is 30.7 Å². The number of anilines is 1. The van der Waals surface area contributed by atoms with Crippen LogP contribution in [-0.2, 0) is 9.59 Å². The third-order valence-electron chi connectivity index (χ3n) is 6.04. The summed E-state index contributed by atoms with van der Waals surface area (Å²) in [5.74, 6) is -0.518. The molecule has 6 heteroatoms. The van der Waals surface area contributed by atoms with Crippen molar-refractivity contribution in [2.75, 3.05) is 10.3 Å². The fraction of sp³-hybridized carbons (Fsp3) is 0.409. The number of hydrogen-bond donors (Lipinski definition) is 1. The topological polar surface area (TPSA) is 71.4 Å². The van der Waals surface area contributed by atoms with Crippen molar-refractivity contribution in [3.8, 4) is 0 Å². The van der Waals surface area contributed by atoms with Crippen molar-refractivity contribution >= 4 is 23.4 Å². The minimum Gasteiger partial charge on any atom is -0.274 e. The maximum Gasteiger partial charge on any atom is 0.270 e. The Kier molecular flexibility index (Phi) is 4.57. The zero-order valence-corrected chi connectivity index (χ0v) is 16.4. The Bertz CT molecular complexity index is 942. The molecule has 1 aliphatic heterocycles. The summed E-state index contributed by atoms with van der Waals surface area (Å²) in [6.45, 7) is 5.95. The van der Waals surface area contributed by atoms with E-state index in [1.54, 1.807) is 28.9 Å². The zero-order chi connectivity index (χ0) is 20.0. The van der Waals surface area contributed by atoms with Crippen molar-refractivity contribution in [2.45, 2.75) is 40.0 Å². The average molecular weight is 379 g/mol. The van der Waals surface area contributed by atoms with Gasteiger partial charge in [-0.05, 0) is 69.4 Å². The first-order valence-electron chi connectivity index (χ1n) is 9.81. The number of aromatic nitrogens is 1. The predicted octanol–water partition coefficient (Wildman–Crippen LogP) is 3.41. The lowest BCUT2D eigenvalue weighted by Crippen LogP contribution is -2.31. The highest BCUT2D eigenvalue weighted by molar-refractivity contribution is 6.22. The Morgan fingerprint density at radius 2 is 1.68 bits per heavy atom. The van der Waals surface area contributed by atoms with E-state index in [1.807, 2.05) is 26.0 Å². The van der Waals surface area contributed by atoms with Crippen molar-refractivity contribution in [2.24, 2.45) is 17.8 Å². The van der Waals surface area contributed by atoms with Gasteiger partial charge in [-0.1, -0.05) is 13.0 Å². The van der Waals surface area contributed by atoms with Gasteiger partial charge in [0.05, 0.1) is 17.5 Å². The lowest BCUT2D eigenvalue weighted by Gasteiger charge is -2.25. The number of nitrogens with zero attached hydrogens (tertiary/aromatic N) is 2. The Hall–Kier alpha value is -2.89. The van der Waals surface area contributed by atoms with E-state index in [4.69, 9.17) is 0 Å². The van der Waals surface area contributed by atoms with Crippen LogP contribution in [0.15, 0.2) is 36.4 Å². The molecule has 3 amide bonds. The number of imide groups is 1. The number of amides is 3. The molecule has 1 saturated carbocycles. The first-order chi connectivity index (χ1) is 13.4. The van der Waals surface area contributed by atoms with Gasteiger partial charge in [0, 0.05) is 17.0 Å². The first kappa shape index (κ1) is 18.5. The molecule has 146 valence electrons. The number of aryl methyl sites for hydroxylation is 2. The first-order valence-corrected chi connectivity index (χ1v) is 9.81. The normalized spacial score (nSPS) is 24.4. The molecule has 0 radical (unpaired) electrons. The van der Waals surface area contributed by atoms with Crippen LogP contribution in [-0.4, -0.2) is 22.4 Å². The molecule has 6 nitrogen and oxygen atoms in total. The van der Waals surface area contributed by atoms with Gasteiger partial charge >= 0.3 is 0 Å². The van der Waals surface area contributed by atoms with E-state index in [0.29, 0.717) is 17.2 Å². The van der Waals surface area contributed by atoms with E-state index in [2.05, 4.69) is 12.3 Å². The third-order valence-corrected chi connectivity index (χ3v) is 6.04. The summed E-state index contributed by atoms with van der Waals surface area (Å²) in [5.41, 5.74) is 5.59. The molecule has 1 aromatic heterocycles. The number of fused-ring (bicyclic) bond motifs is 1. The van der Waals surface area contributed by atoms with Crippen molar-refractivity contribution in [3.05, 3.63) is 53.3 Å². The van der Waals surface area contributed by atoms with Gasteiger partial charge in [-0.3, -0.25) is 29.4 Å². The number of nitrogens with one attached hydrogen (secondary N) is 1. The van der Waals surface area contributed by atoms with Crippen LogP contribution in [0, 0.1) is 31.6 Å². The molecule has 0 spiro atoms. The lowest BCUT2D eigenvalue weighted by atomic mass is 9.76. The predicted molar refractivity (Wildman–Crippen MR) is 107 cm³/mol. The second-order valence-corrected chi connectivity index (χ2v) is 8.09. The van der Waals surface area contributed by atoms with E-state index in [9.17, 15) is 14.4 Å². The number of rotatable bonds is 3. The van der Waals surface area contributed by atoms with Gasteiger partial charge in [0.15, 0.2) is 0 Å². The van der Waals surface area contributed by atoms with Gasteiger partial charge in [-0.25, -0.2) is 0 Å². The summed E-state index contributed by atoms with van der Waals surface area (Å²) in [4.78, 5) is 39.8. The molecule has 4 rings (SSSR count). The highest BCUT2D eigenvalue weighted by atomic mass is 16.2. The maximum atomic E-state index is 12.9. The molecule has 0 bridgehead atoms. The second kappa shape index (κ2) is 6.93. The maximum absolute atomic E-state index is 12.9. The van der Waals surface area contributed by atoms with Crippen LogP contribution in [0.2, 0.25) is 0 Å². The molecule has 2 aliphatic rings.